The number of carbonyl (C=O) groups is 1. The Bertz CT molecular complexity index is 360. The van der Waals surface area contributed by atoms with Crippen molar-refractivity contribution in [3.05, 3.63) is 29.8 Å². The number of ether oxygens (including phenoxy) is 1. The summed E-state index contributed by atoms with van der Waals surface area (Å²) in [7, 11) is 1.59. The summed E-state index contributed by atoms with van der Waals surface area (Å²) in [6, 6.07) is 7.28. The van der Waals surface area contributed by atoms with E-state index in [1.807, 2.05) is 25.1 Å². The minimum atomic E-state index is -0.617. The molecule has 2 unspecified atom stereocenters. The van der Waals surface area contributed by atoms with Crippen molar-refractivity contribution in [1.82, 2.24) is 0 Å². The van der Waals surface area contributed by atoms with Gasteiger partial charge in [-0.05, 0) is 31.0 Å². The maximum Gasteiger partial charge on any atom is 0.132 e. The van der Waals surface area contributed by atoms with Crippen LogP contribution in [0.1, 0.15) is 31.9 Å². The average Bonchev–Trinajstić information content (AvgIpc) is 2.28. The highest BCUT2D eigenvalue weighted by Gasteiger charge is 2.15. The lowest BCUT2D eigenvalue weighted by Crippen LogP contribution is -2.11. The number of rotatable bonds is 5. The Kier molecular flexibility index (Phi) is 4.50. The monoisotopic (exact) mass is 222 g/mol. The van der Waals surface area contributed by atoms with Gasteiger partial charge in [0.2, 0.25) is 0 Å². The van der Waals surface area contributed by atoms with Gasteiger partial charge in [0.25, 0.3) is 0 Å². The van der Waals surface area contributed by atoms with Crippen LogP contribution >= 0.6 is 0 Å². The zero-order valence-corrected chi connectivity index (χ0v) is 9.93. The molecular formula is C13H18O3. The van der Waals surface area contributed by atoms with Crippen LogP contribution in [-0.2, 0) is 4.79 Å². The molecule has 0 bridgehead atoms. The Morgan fingerprint density at radius 2 is 2.19 bits per heavy atom. The molecule has 1 aromatic rings. The predicted octanol–water partition coefficient (Wildman–Crippen LogP) is 2.34. The SMILES string of the molecule is COc1cccc(C(O)CC(C)C(C)=O)c1. The van der Waals surface area contributed by atoms with Crippen molar-refractivity contribution in [2.24, 2.45) is 5.92 Å². The standard InChI is InChI=1S/C13H18O3/c1-9(10(2)14)7-13(15)11-5-4-6-12(8-11)16-3/h4-6,8-9,13,15H,7H2,1-3H3. The molecule has 0 saturated heterocycles. The van der Waals surface area contributed by atoms with Crippen molar-refractivity contribution in [1.29, 1.82) is 0 Å². The van der Waals surface area contributed by atoms with Crippen molar-refractivity contribution < 1.29 is 14.6 Å². The van der Waals surface area contributed by atoms with Crippen LogP contribution in [0.4, 0.5) is 0 Å². The molecule has 0 heterocycles. The van der Waals surface area contributed by atoms with Crippen LogP contribution in [0.2, 0.25) is 0 Å². The van der Waals surface area contributed by atoms with Gasteiger partial charge in [0.05, 0.1) is 13.2 Å². The molecule has 1 rings (SSSR count). The lowest BCUT2D eigenvalue weighted by atomic mass is 9.95. The Morgan fingerprint density at radius 1 is 1.50 bits per heavy atom. The molecule has 0 spiro atoms. The van der Waals surface area contributed by atoms with E-state index in [4.69, 9.17) is 4.74 Å². The summed E-state index contributed by atoms with van der Waals surface area (Å²) in [5.41, 5.74) is 0.785. The van der Waals surface area contributed by atoms with Crippen LogP contribution in [-0.4, -0.2) is 18.0 Å². The summed E-state index contributed by atoms with van der Waals surface area (Å²) in [4.78, 5) is 11.1. The smallest absolute Gasteiger partial charge is 0.132 e. The van der Waals surface area contributed by atoms with Crippen LogP contribution in [0.3, 0.4) is 0 Å². The van der Waals surface area contributed by atoms with Crippen LogP contribution in [0.25, 0.3) is 0 Å². The third kappa shape index (κ3) is 3.35. The normalized spacial score (nSPS) is 14.2. The van der Waals surface area contributed by atoms with Gasteiger partial charge in [0, 0.05) is 5.92 Å². The van der Waals surface area contributed by atoms with E-state index in [2.05, 4.69) is 0 Å². The Labute approximate surface area is 96.1 Å². The molecule has 16 heavy (non-hydrogen) atoms. The quantitative estimate of drug-likeness (QED) is 0.831. The fourth-order valence-corrected chi connectivity index (χ4v) is 1.49. The van der Waals surface area contributed by atoms with E-state index < -0.39 is 6.10 Å². The number of hydrogen-bond acceptors (Lipinski definition) is 3. The molecule has 0 saturated carbocycles. The summed E-state index contributed by atoms with van der Waals surface area (Å²) in [6.45, 7) is 3.37. The largest absolute Gasteiger partial charge is 0.497 e. The zero-order chi connectivity index (χ0) is 12.1. The highest BCUT2D eigenvalue weighted by atomic mass is 16.5. The third-order valence-corrected chi connectivity index (χ3v) is 2.75. The number of carbonyl (C=O) groups excluding carboxylic acids is 1. The van der Waals surface area contributed by atoms with E-state index in [0.29, 0.717) is 12.2 Å². The maximum atomic E-state index is 11.1. The first-order chi connectivity index (χ1) is 7.54. The first-order valence-electron chi connectivity index (χ1n) is 5.37. The highest BCUT2D eigenvalue weighted by Crippen LogP contribution is 2.24. The molecule has 0 aliphatic rings. The highest BCUT2D eigenvalue weighted by molar-refractivity contribution is 5.77. The van der Waals surface area contributed by atoms with Crippen LogP contribution in [0.5, 0.6) is 5.75 Å². The molecule has 88 valence electrons. The van der Waals surface area contributed by atoms with Crippen LogP contribution in [0, 0.1) is 5.92 Å². The van der Waals surface area contributed by atoms with Crippen molar-refractivity contribution in [3.8, 4) is 5.75 Å². The molecule has 1 N–H and O–H groups in total. The summed E-state index contributed by atoms with van der Waals surface area (Å²) in [6.07, 6.45) is -0.170. The number of aliphatic hydroxyl groups is 1. The topological polar surface area (TPSA) is 46.5 Å². The molecule has 2 atom stereocenters. The minimum absolute atomic E-state index is 0.0990. The van der Waals surface area contributed by atoms with Crippen LogP contribution in [0.15, 0.2) is 24.3 Å². The van der Waals surface area contributed by atoms with Gasteiger partial charge in [0.15, 0.2) is 0 Å². The number of methoxy groups -OCH3 is 1. The van der Waals surface area contributed by atoms with Crippen molar-refractivity contribution in [3.63, 3.8) is 0 Å². The van der Waals surface area contributed by atoms with E-state index in [1.165, 1.54) is 0 Å². The van der Waals surface area contributed by atoms with Gasteiger partial charge in [-0.3, -0.25) is 4.79 Å². The number of Topliss-reactive ketones (excluding diaryl/α,β-unsaturated/α-hetero) is 1. The van der Waals surface area contributed by atoms with Gasteiger partial charge in [-0.1, -0.05) is 19.1 Å². The van der Waals surface area contributed by atoms with E-state index >= 15 is 0 Å². The molecule has 0 radical (unpaired) electrons. The summed E-state index contributed by atoms with van der Waals surface area (Å²) < 4.78 is 5.08. The Balaban J connectivity index is 2.72. The van der Waals surface area contributed by atoms with Gasteiger partial charge in [0.1, 0.15) is 11.5 Å². The fraction of sp³-hybridized carbons (Fsp3) is 0.462. The second-order valence-corrected chi connectivity index (χ2v) is 4.04. The van der Waals surface area contributed by atoms with E-state index in [-0.39, 0.29) is 11.7 Å². The predicted molar refractivity (Wildman–Crippen MR) is 62.4 cm³/mol. The molecule has 0 amide bonds. The summed E-state index contributed by atoms with van der Waals surface area (Å²) in [5.74, 6) is 0.690. The maximum absolute atomic E-state index is 11.1. The molecule has 0 aromatic heterocycles. The number of benzene rings is 1. The van der Waals surface area contributed by atoms with Gasteiger partial charge in [-0.25, -0.2) is 0 Å². The lowest BCUT2D eigenvalue weighted by molar-refractivity contribution is -0.121. The first kappa shape index (κ1) is 12.7. The number of hydrogen-bond donors (Lipinski definition) is 1. The second kappa shape index (κ2) is 5.66. The molecule has 3 nitrogen and oxygen atoms in total. The fourth-order valence-electron chi connectivity index (χ4n) is 1.49. The lowest BCUT2D eigenvalue weighted by Gasteiger charge is -2.15. The van der Waals surface area contributed by atoms with Crippen molar-refractivity contribution in [2.45, 2.75) is 26.4 Å². The minimum Gasteiger partial charge on any atom is -0.497 e. The van der Waals surface area contributed by atoms with Gasteiger partial charge in [-0.2, -0.15) is 0 Å². The molecular weight excluding hydrogens is 204 g/mol. The average molecular weight is 222 g/mol. The summed E-state index contributed by atoms with van der Waals surface area (Å²) >= 11 is 0. The summed E-state index contributed by atoms with van der Waals surface area (Å²) in [5, 5.41) is 9.95. The molecule has 0 aliphatic carbocycles. The van der Waals surface area contributed by atoms with Gasteiger partial charge in [-0.15, -0.1) is 0 Å². The molecule has 3 heteroatoms. The van der Waals surface area contributed by atoms with Crippen LogP contribution < -0.4 is 4.74 Å². The van der Waals surface area contributed by atoms with Crippen molar-refractivity contribution >= 4 is 5.78 Å². The van der Waals surface area contributed by atoms with E-state index in [9.17, 15) is 9.90 Å². The second-order valence-electron chi connectivity index (χ2n) is 4.04. The first-order valence-corrected chi connectivity index (χ1v) is 5.37. The number of ketones is 1. The Morgan fingerprint density at radius 3 is 2.75 bits per heavy atom. The molecule has 0 fully saturated rings. The van der Waals surface area contributed by atoms with Gasteiger partial charge < -0.3 is 9.84 Å². The van der Waals surface area contributed by atoms with E-state index in [0.717, 1.165) is 5.56 Å². The van der Waals surface area contributed by atoms with E-state index in [1.54, 1.807) is 20.1 Å². The third-order valence-electron chi connectivity index (χ3n) is 2.75. The zero-order valence-electron chi connectivity index (χ0n) is 9.93. The molecule has 0 aliphatic heterocycles. The van der Waals surface area contributed by atoms with Gasteiger partial charge >= 0.3 is 0 Å². The molecule has 1 aromatic carbocycles. The Hall–Kier alpha value is -1.35. The number of aliphatic hydroxyl groups excluding tert-OH is 1. The van der Waals surface area contributed by atoms with Crippen molar-refractivity contribution in [2.75, 3.05) is 7.11 Å².